The van der Waals surface area contributed by atoms with Crippen molar-refractivity contribution in [3.05, 3.63) is 165 Å². The molecular formula is C88H110BCl4N13O13. The molecule has 0 saturated heterocycles. The van der Waals surface area contributed by atoms with E-state index in [2.05, 4.69) is 88.7 Å². The molecule has 31 heteroatoms. The molecule has 0 spiro atoms. The molecule has 636 valence electrons. The summed E-state index contributed by atoms with van der Waals surface area (Å²) in [5.41, 5.74) is 23.3. The highest BCUT2D eigenvalue weighted by molar-refractivity contribution is 6.76. The highest BCUT2D eigenvalue weighted by atomic mass is 35.6. The largest absolute Gasteiger partial charge is 0.488 e. The Hall–Kier alpha value is -9.44. The highest BCUT2D eigenvalue weighted by Crippen LogP contribution is 2.37. The number of aryl methyl sites for hydroxylation is 8. The molecule has 26 nitrogen and oxygen atoms in total. The first-order chi connectivity index (χ1) is 56.0. The minimum absolute atomic E-state index is 0. The van der Waals surface area contributed by atoms with E-state index < -0.39 is 34.1 Å². The average molecular weight is 1710 g/mol. The fraction of sp³-hybridized carbons (Fsp3) is 0.489. The van der Waals surface area contributed by atoms with Gasteiger partial charge in [0.1, 0.15) is 47.3 Å². The van der Waals surface area contributed by atoms with E-state index in [1.165, 1.54) is 30.4 Å². The number of hydrogen-bond donors (Lipinski definition) is 3. The molecule has 0 bridgehead atoms. The van der Waals surface area contributed by atoms with Crippen LogP contribution in [-0.4, -0.2) is 164 Å². The number of anilines is 3. The maximum atomic E-state index is 12.6. The van der Waals surface area contributed by atoms with Crippen LogP contribution >= 0.6 is 47.2 Å². The molecule has 0 radical (unpaired) electrons. The third-order valence-electron chi connectivity index (χ3n) is 21.4. The van der Waals surface area contributed by atoms with Crippen LogP contribution < -0.4 is 25.9 Å². The maximum Gasteiger partial charge on any atom is 0.488 e. The first-order valence-electron chi connectivity index (χ1n) is 41.0. The number of aromatic nitrogens is 6. The Bertz CT molecular complexity index is 4970. The number of halogens is 4. The first kappa shape index (κ1) is 93.4. The zero-order valence-electron chi connectivity index (χ0n) is 69.9. The summed E-state index contributed by atoms with van der Waals surface area (Å²) in [6.07, 6.45) is 28.2. The lowest BCUT2D eigenvalue weighted by Crippen LogP contribution is -2.40. The molecular weight excluding hydrogens is 1600 g/mol. The van der Waals surface area contributed by atoms with Crippen molar-refractivity contribution in [1.82, 2.24) is 33.6 Å². The summed E-state index contributed by atoms with van der Waals surface area (Å²) in [5.74, 6) is -0.273. The lowest BCUT2D eigenvalue weighted by Gasteiger charge is -2.32. The van der Waals surface area contributed by atoms with Crippen molar-refractivity contribution in [3.8, 4) is 17.1 Å². The van der Waals surface area contributed by atoms with Gasteiger partial charge in [0, 0.05) is 104 Å². The summed E-state index contributed by atoms with van der Waals surface area (Å²) in [4.78, 5) is 131. The third-order valence-corrected chi connectivity index (χ3v) is 21.9. The number of nitrogens with two attached hydrogens (primary N) is 1. The van der Waals surface area contributed by atoms with Crippen LogP contribution in [0.2, 0.25) is 0 Å². The van der Waals surface area contributed by atoms with E-state index >= 15 is 0 Å². The van der Waals surface area contributed by atoms with Gasteiger partial charge >= 0.3 is 31.2 Å². The minimum atomic E-state index is -2.14. The molecule has 5 aliphatic carbocycles. The second-order valence-electron chi connectivity index (χ2n) is 32.9. The summed E-state index contributed by atoms with van der Waals surface area (Å²) in [5, 5.41) is 18.4. The van der Waals surface area contributed by atoms with Crippen LogP contribution in [0.1, 0.15) is 249 Å². The molecule has 16 rings (SSSR count). The predicted octanol–water partition coefficient (Wildman–Crippen LogP) is 15.9. The van der Waals surface area contributed by atoms with Gasteiger partial charge in [-0.05, 0) is 279 Å². The Labute approximate surface area is 717 Å². The molecule has 7 aromatic rings. The number of benzene rings is 4. The van der Waals surface area contributed by atoms with Crippen LogP contribution in [-0.2, 0) is 75.2 Å². The van der Waals surface area contributed by atoms with Gasteiger partial charge in [-0.1, -0.05) is 59.9 Å². The summed E-state index contributed by atoms with van der Waals surface area (Å²) < 4.78 is 14.6. The van der Waals surface area contributed by atoms with Gasteiger partial charge in [-0.3, -0.25) is 62.3 Å². The molecule has 5 amide bonds. The van der Waals surface area contributed by atoms with Crippen molar-refractivity contribution in [2.45, 2.75) is 251 Å². The van der Waals surface area contributed by atoms with Crippen LogP contribution in [0.15, 0.2) is 113 Å². The SMILES string of the molecule is CC(C)(C)OC(=O)N1CCCc2cc(-n3cnc4c3C(=O)CCC4)ccc21.CC(C)(C)OC(=O)N1CCCc2cc(B(O)O)ccc21.CCN(C(C)C)C(C)C.Cl.NC(=O)N1CCCc2cc(-n3cnc4c3C(=O)CCC4)ccc21.O=C1CCCC2=C1CC=N2.O=C1CCCc2ncn(-c3ccc4c(c3)CCCC4)c21.O=C=NC(=O)C(Cl)(Cl)Cl. The average Bonchev–Trinajstić information content (AvgIpc) is 1.77. The number of fused-ring (bicyclic) bond motifs is 7. The number of ether oxygens (including phenoxy) is 2. The number of allylic oxidation sites excluding steroid dienone is 2. The number of Topliss-reactive ketones (excluding diaryl/α,β-unsaturated/α-hetero) is 4. The fourth-order valence-electron chi connectivity index (χ4n) is 16.1. The van der Waals surface area contributed by atoms with Crippen LogP contribution in [0.3, 0.4) is 0 Å². The third kappa shape index (κ3) is 24.2. The Kier molecular flexibility index (Phi) is 32.7. The summed E-state index contributed by atoms with van der Waals surface area (Å²) in [6.45, 7) is 25.4. The number of urea groups is 1. The fourth-order valence-corrected chi connectivity index (χ4v) is 16.2. The Balaban J connectivity index is 0.000000164. The molecule has 9 aliphatic rings. The molecule has 0 atom stereocenters. The van der Waals surface area contributed by atoms with Gasteiger partial charge in [0.25, 0.3) is 3.79 Å². The van der Waals surface area contributed by atoms with Gasteiger partial charge in [0.05, 0.1) is 28.5 Å². The number of nitrogens with zero attached hydrogens (tertiary/aromatic N) is 12. The van der Waals surface area contributed by atoms with E-state index in [9.17, 15) is 53.2 Å². The van der Waals surface area contributed by atoms with Gasteiger partial charge in [0.15, 0.2) is 23.1 Å². The molecule has 119 heavy (non-hydrogen) atoms. The number of carbonyl (C=O) groups excluding carboxylic acids is 9. The first-order valence-corrected chi connectivity index (χ1v) is 42.1. The van der Waals surface area contributed by atoms with Crippen molar-refractivity contribution < 1.29 is 62.7 Å². The zero-order valence-corrected chi connectivity index (χ0v) is 73.0. The molecule has 0 unspecified atom stereocenters. The van der Waals surface area contributed by atoms with Gasteiger partial charge in [-0.15, -0.1) is 17.4 Å². The Morgan fingerprint density at radius 1 is 0.521 bits per heavy atom. The number of ketones is 4. The summed E-state index contributed by atoms with van der Waals surface area (Å²) >= 11 is 14.9. The van der Waals surface area contributed by atoms with Crippen molar-refractivity contribution in [3.63, 3.8) is 0 Å². The highest BCUT2D eigenvalue weighted by Gasteiger charge is 2.34. The van der Waals surface area contributed by atoms with Crippen LogP contribution in [0, 0.1) is 0 Å². The van der Waals surface area contributed by atoms with Crippen LogP contribution in [0.4, 0.5) is 31.4 Å². The smallest absolute Gasteiger partial charge is 0.443 e. The van der Waals surface area contributed by atoms with E-state index in [0.717, 1.165) is 207 Å². The van der Waals surface area contributed by atoms with Crippen molar-refractivity contribution in [1.29, 1.82) is 0 Å². The second-order valence-corrected chi connectivity index (χ2v) is 35.2. The van der Waals surface area contributed by atoms with Crippen LogP contribution in [0.5, 0.6) is 0 Å². The zero-order chi connectivity index (χ0) is 85.5. The van der Waals surface area contributed by atoms with Gasteiger partial charge in [0.2, 0.25) is 6.08 Å². The Morgan fingerprint density at radius 2 is 0.908 bits per heavy atom. The van der Waals surface area contributed by atoms with E-state index in [0.29, 0.717) is 73.6 Å². The standard InChI is InChI=1S/C21H25N3O3.C17H18N4O2.C17H18N2O.C14H20BNO4.C8H9NO.C8H19N.C3Cl3NO2.ClH/c1-21(2,3)27-20(26)23-11-5-6-14-12-15(9-10-17(14)23)24-13-22-16-7-4-8-18(25)19(16)24;18-17(23)20-8-2-3-11-9-12(6-7-14(11)20)21-10-19-13-4-1-5-15(22)16(13)21;20-16-7-3-6-15-17(16)19(11-18-15)14-9-8-12-4-1-2-5-13(12)10-14;1-14(2,3)20-13(17)16-8-4-5-10-9-11(15(18)19)6-7-12(10)16;10-8-3-1-2-7-6(8)4-5-9-7;1-6-9(7(2)3)8(4)5;4-3(5,6)2(9)7-1-8;/h9-10,12-13H,4-8,11H2,1-3H3;6-7,9-10H,1-5,8H2,(H2,18,23);8-11H,1-7H2;6-7,9,18-19H,4-5,8H2,1-3H3;5H,1-4H2;7-8H,6H2,1-5H3;;1H. The number of rotatable bonds is 7. The van der Waals surface area contributed by atoms with Crippen molar-refractivity contribution in [2.24, 2.45) is 15.7 Å². The number of hydrogen-bond acceptors (Lipinski definition) is 18. The predicted molar refractivity (Wildman–Crippen MR) is 467 cm³/mol. The number of isocyanates is 1. The molecule has 4 aromatic carbocycles. The summed E-state index contributed by atoms with van der Waals surface area (Å²) in [7, 11) is -1.49. The molecule has 0 saturated carbocycles. The molecule has 0 fully saturated rings. The summed E-state index contributed by atoms with van der Waals surface area (Å²) in [6, 6.07) is 24.5. The number of aliphatic imine (C=N–C) groups is 2. The quantitative estimate of drug-likeness (QED) is 0.0577. The second kappa shape index (κ2) is 41.7. The monoisotopic (exact) mass is 1710 g/mol. The minimum Gasteiger partial charge on any atom is -0.443 e. The van der Waals surface area contributed by atoms with Crippen molar-refractivity contribution in [2.75, 3.05) is 40.9 Å². The number of imidazole rings is 3. The van der Waals surface area contributed by atoms with Gasteiger partial charge in [-0.2, -0.15) is 0 Å². The van der Waals surface area contributed by atoms with E-state index in [-0.39, 0.29) is 41.9 Å². The normalized spacial score (nSPS) is 16.2. The molecule has 3 aromatic heterocycles. The number of amides is 5. The lowest BCUT2D eigenvalue weighted by atomic mass is 9.78. The molecule has 4 aliphatic heterocycles. The number of alkyl halides is 3. The molecule has 4 N–H and O–H groups in total. The van der Waals surface area contributed by atoms with Gasteiger partial charge in [-0.25, -0.2) is 34.1 Å². The Morgan fingerprint density at radius 3 is 1.29 bits per heavy atom. The van der Waals surface area contributed by atoms with E-state index in [1.807, 2.05) is 98.1 Å². The number of primary amides is 1. The number of carbonyl (C=O) groups is 8. The van der Waals surface area contributed by atoms with Crippen molar-refractivity contribution >= 4 is 136 Å². The molecule has 7 heterocycles. The topological polar surface area (TPSA) is 330 Å². The maximum absolute atomic E-state index is 12.6. The van der Waals surface area contributed by atoms with Gasteiger partial charge < -0.3 is 25.3 Å². The van der Waals surface area contributed by atoms with Crippen LogP contribution in [0.25, 0.3) is 17.1 Å². The van der Waals surface area contributed by atoms with E-state index in [1.54, 1.807) is 45.6 Å². The van der Waals surface area contributed by atoms with E-state index in [4.69, 9.17) is 50.0 Å². The lowest BCUT2D eigenvalue weighted by molar-refractivity contribution is -0.117.